The van der Waals surface area contributed by atoms with Crippen LogP contribution in [0, 0.1) is 0 Å². The molecule has 0 aliphatic heterocycles. The normalized spacial score (nSPS) is 11.3. The van der Waals surface area contributed by atoms with Crippen LogP contribution < -0.4 is 10.0 Å². The zero-order valence-corrected chi connectivity index (χ0v) is 16.9. The largest absolute Gasteiger partial charge is 0.298 e. The number of carbonyl (C=O) groups excluding carboxylic acids is 1. The van der Waals surface area contributed by atoms with Crippen molar-refractivity contribution in [3.8, 4) is 11.3 Å². The second kappa shape index (κ2) is 7.24. The molecule has 0 aliphatic rings. The number of amides is 1. The van der Waals surface area contributed by atoms with Crippen molar-refractivity contribution in [2.75, 3.05) is 16.3 Å². The fourth-order valence-electron chi connectivity index (χ4n) is 1.99. The molecule has 0 saturated carbocycles. The smallest absolute Gasteiger partial charge is 0.258 e. The van der Waals surface area contributed by atoms with Gasteiger partial charge in [-0.05, 0) is 34.1 Å². The number of benzene rings is 1. The Kier molecular flexibility index (Phi) is 5.23. The van der Waals surface area contributed by atoms with Crippen molar-refractivity contribution in [3.63, 3.8) is 0 Å². The molecular formula is C15H12BrN3O3S3. The maximum absolute atomic E-state index is 12.1. The van der Waals surface area contributed by atoms with E-state index in [4.69, 9.17) is 0 Å². The summed E-state index contributed by atoms with van der Waals surface area (Å²) in [6.07, 6.45) is 1.10. The van der Waals surface area contributed by atoms with Gasteiger partial charge < -0.3 is 0 Å². The quantitative estimate of drug-likeness (QED) is 0.598. The maximum atomic E-state index is 12.1. The minimum atomic E-state index is -3.30. The number of hydrogen-bond donors (Lipinski definition) is 2. The van der Waals surface area contributed by atoms with Crippen molar-refractivity contribution >= 4 is 65.4 Å². The van der Waals surface area contributed by atoms with Crippen LogP contribution in [0.5, 0.6) is 0 Å². The minimum Gasteiger partial charge on any atom is -0.298 e. The number of hydrogen-bond acceptors (Lipinski definition) is 6. The molecule has 1 amide bonds. The van der Waals surface area contributed by atoms with Gasteiger partial charge in [0.2, 0.25) is 10.0 Å². The zero-order valence-electron chi connectivity index (χ0n) is 12.8. The van der Waals surface area contributed by atoms with E-state index in [2.05, 4.69) is 31.0 Å². The summed E-state index contributed by atoms with van der Waals surface area (Å²) in [4.78, 5) is 16.5. The lowest BCUT2D eigenvalue weighted by atomic mass is 10.1. The van der Waals surface area contributed by atoms with Crippen LogP contribution in [0.15, 0.2) is 44.9 Å². The molecule has 0 spiro atoms. The van der Waals surface area contributed by atoms with E-state index >= 15 is 0 Å². The number of halogens is 1. The van der Waals surface area contributed by atoms with E-state index in [0.717, 1.165) is 15.6 Å². The summed E-state index contributed by atoms with van der Waals surface area (Å²) in [6, 6.07) is 8.62. The van der Waals surface area contributed by atoms with E-state index < -0.39 is 10.0 Å². The van der Waals surface area contributed by atoms with E-state index in [0.29, 0.717) is 22.1 Å². The third-order valence-corrected chi connectivity index (χ3v) is 5.91. The summed E-state index contributed by atoms with van der Waals surface area (Å²) >= 11 is 6.09. The summed E-state index contributed by atoms with van der Waals surface area (Å²) in [5, 5.41) is 6.86. The van der Waals surface area contributed by atoms with Crippen molar-refractivity contribution in [1.82, 2.24) is 4.98 Å². The molecule has 3 rings (SSSR count). The third-order valence-electron chi connectivity index (χ3n) is 3.04. The van der Waals surface area contributed by atoms with E-state index in [1.807, 2.05) is 5.38 Å². The average molecular weight is 458 g/mol. The highest BCUT2D eigenvalue weighted by Gasteiger charge is 2.11. The van der Waals surface area contributed by atoms with Crippen molar-refractivity contribution in [2.24, 2.45) is 0 Å². The fraction of sp³-hybridized carbons (Fsp3) is 0.0667. The van der Waals surface area contributed by atoms with Crippen LogP contribution in [-0.4, -0.2) is 25.6 Å². The molecule has 0 saturated heterocycles. The van der Waals surface area contributed by atoms with Gasteiger partial charge in [-0.25, -0.2) is 13.4 Å². The molecule has 0 aliphatic carbocycles. The monoisotopic (exact) mass is 457 g/mol. The number of anilines is 2. The highest BCUT2D eigenvalue weighted by atomic mass is 79.9. The molecule has 25 heavy (non-hydrogen) atoms. The van der Waals surface area contributed by atoms with Crippen LogP contribution in [0.4, 0.5) is 10.8 Å². The van der Waals surface area contributed by atoms with E-state index in [1.165, 1.54) is 22.7 Å². The van der Waals surface area contributed by atoms with Gasteiger partial charge in [0.05, 0.1) is 21.3 Å². The van der Waals surface area contributed by atoms with Gasteiger partial charge in [-0.1, -0.05) is 12.1 Å². The first kappa shape index (κ1) is 18.1. The van der Waals surface area contributed by atoms with Gasteiger partial charge in [0, 0.05) is 22.0 Å². The van der Waals surface area contributed by atoms with Crippen molar-refractivity contribution in [3.05, 3.63) is 50.4 Å². The highest BCUT2D eigenvalue weighted by Crippen LogP contribution is 2.27. The molecule has 2 aromatic heterocycles. The van der Waals surface area contributed by atoms with Crippen molar-refractivity contribution in [1.29, 1.82) is 0 Å². The Balaban J connectivity index is 1.71. The minimum absolute atomic E-state index is 0.212. The summed E-state index contributed by atoms with van der Waals surface area (Å²) in [5.74, 6) is -0.212. The molecule has 2 heterocycles. The molecule has 3 aromatic rings. The molecule has 1 aromatic carbocycles. The van der Waals surface area contributed by atoms with Gasteiger partial charge in [0.1, 0.15) is 0 Å². The van der Waals surface area contributed by atoms with Gasteiger partial charge in [0.15, 0.2) is 5.13 Å². The SMILES string of the molecule is CS(=O)(=O)Nc1ccc(-c2csc(NC(=O)c3csc(Br)c3)n2)cc1. The Labute approximate surface area is 161 Å². The number of carbonyl (C=O) groups is 1. The molecule has 0 radical (unpaired) electrons. The molecule has 130 valence electrons. The van der Waals surface area contributed by atoms with Crippen LogP contribution in [-0.2, 0) is 10.0 Å². The second-order valence-electron chi connectivity index (χ2n) is 5.08. The number of nitrogens with one attached hydrogen (secondary N) is 2. The van der Waals surface area contributed by atoms with E-state index in [9.17, 15) is 13.2 Å². The van der Waals surface area contributed by atoms with Gasteiger partial charge >= 0.3 is 0 Å². The Morgan fingerprint density at radius 2 is 1.88 bits per heavy atom. The lowest BCUT2D eigenvalue weighted by Gasteiger charge is -2.04. The average Bonchev–Trinajstić information content (AvgIpc) is 3.16. The summed E-state index contributed by atoms with van der Waals surface area (Å²) in [6.45, 7) is 0. The summed E-state index contributed by atoms with van der Waals surface area (Å²) in [5.41, 5.74) is 2.59. The topological polar surface area (TPSA) is 88.2 Å². The number of thiophene rings is 1. The zero-order chi connectivity index (χ0) is 18.0. The van der Waals surface area contributed by atoms with Crippen molar-refractivity contribution < 1.29 is 13.2 Å². The third kappa shape index (κ3) is 4.88. The molecule has 0 bridgehead atoms. The lowest BCUT2D eigenvalue weighted by Crippen LogP contribution is -2.10. The summed E-state index contributed by atoms with van der Waals surface area (Å²) in [7, 11) is -3.30. The second-order valence-corrected chi connectivity index (χ2v) is 9.98. The van der Waals surface area contributed by atoms with E-state index in [-0.39, 0.29) is 5.91 Å². The van der Waals surface area contributed by atoms with Gasteiger partial charge in [-0.3, -0.25) is 14.8 Å². The Morgan fingerprint density at radius 1 is 1.16 bits per heavy atom. The van der Waals surface area contributed by atoms with Crippen LogP contribution in [0.25, 0.3) is 11.3 Å². The first-order valence-corrected chi connectivity index (χ1v) is 11.3. The number of sulfonamides is 1. The highest BCUT2D eigenvalue weighted by molar-refractivity contribution is 9.11. The van der Waals surface area contributed by atoms with Crippen LogP contribution in [0.1, 0.15) is 10.4 Å². The van der Waals surface area contributed by atoms with E-state index in [1.54, 1.807) is 35.7 Å². The molecule has 0 fully saturated rings. The van der Waals surface area contributed by atoms with Crippen LogP contribution in [0.3, 0.4) is 0 Å². The van der Waals surface area contributed by atoms with Crippen molar-refractivity contribution in [2.45, 2.75) is 0 Å². The Bertz CT molecular complexity index is 1010. The number of nitrogens with zero attached hydrogens (tertiary/aromatic N) is 1. The number of rotatable bonds is 5. The predicted molar refractivity (Wildman–Crippen MR) is 106 cm³/mol. The van der Waals surface area contributed by atoms with Gasteiger partial charge in [-0.15, -0.1) is 22.7 Å². The molecule has 0 unspecified atom stereocenters. The molecule has 0 atom stereocenters. The maximum Gasteiger partial charge on any atom is 0.258 e. The Morgan fingerprint density at radius 3 is 2.48 bits per heavy atom. The molecule has 10 heteroatoms. The first-order valence-electron chi connectivity index (χ1n) is 6.89. The predicted octanol–water partition coefficient (Wildman–Crippen LogP) is 4.26. The van der Waals surface area contributed by atoms with Crippen LogP contribution >= 0.6 is 38.6 Å². The summed E-state index contributed by atoms with van der Waals surface area (Å²) < 4.78 is 25.7. The Hall–Kier alpha value is -1.75. The number of aromatic nitrogens is 1. The molecule has 2 N–H and O–H groups in total. The standard InChI is InChI=1S/C15H12BrN3O3S3/c1-25(21,22)19-11-4-2-9(3-5-11)12-8-24-15(17-12)18-14(20)10-6-13(16)23-7-10/h2-8,19H,1H3,(H,17,18,20). The van der Waals surface area contributed by atoms with Crippen LogP contribution in [0.2, 0.25) is 0 Å². The fourth-order valence-corrected chi connectivity index (χ4v) is 4.40. The number of thiazole rings is 1. The molecule has 6 nitrogen and oxygen atoms in total. The van der Waals surface area contributed by atoms with Gasteiger partial charge in [0.25, 0.3) is 5.91 Å². The molecular weight excluding hydrogens is 446 g/mol. The van der Waals surface area contributed by atoms with Gasteiger partial charge in [-0.2, -0.15) is 0 Å². The first-order chi connectivity index (χ1) is 11.8. The lowest BCUT2D eigenvalue weighted by molar-refractivity contribution is 0.102.